The molecule has 1 aromatic heterocycles. The number of hydrogen-bond donors (Lipinski definition) is 4. The molecule has 0 fully saturated rings. The van der Waals surface area contributed by atoms with Crippen LogP contribution in [0.15, 0.2) is 42.7 Å². The normalized spacial score (nSPS) is 10.3. The summed E-state index contributed by atoms with van der Waals surface area (Å²) in [5.41, 5.74) is 1.15. The number of aromatic amines is 1. The molecule has 0 radical (unpaired) electrons. The van der Waals surface area contributed by atoms with E-state index < -0.39 is 10.1 Å². The van der Waals surface area contributed by atoms with E-state index in [0.29, 0.717) is 24.5 Å². The first-order valence-corrected chi connectivity index (χ1v) is 7.49. The Labute approximate surface area is 117 Å². The SMILES string of the molecule is CS(=O)(=O)O.N=C(NCc1ccccc1)c1ncc[nH]1. The Morgan fingerprint density at radius 2 is 2.00 bits per heavy atom. The maximum atomic E-state index is 9.19. The van der Waals surface area contributed by atoms with E-state index >= 15 is 0 Å². The van der Waals surface area contributed by atoms with Gasteiger partial charge in [0.05, 0.1) is 6.26 Å². The van der Waals surface area contributed by atoms with Crippen molar-refractivity contribution in [3.63, 3.8) is 0 Å². The van der Waals surface area contributed by atoms with Crippen molar-refractivity contribution in [1.82, 2.24) is 15.3 Å². The molecule has 2 rings (SSSR count). The monoisotopic (exact) mass is 296 g/mol. The van der Waals surface area contributed by atoms with Gasteiger partial charge < -0.3 is 10.3 Å². The van der Waals surface area contributed by atoms with E-state index in [9.17, 15) is 8.42 Å². The molecule has 0 aliphatic heterocycles. The van der Waals surface area contributed by atoms with Gasteiger partial charge in [0.1, 0.15) is 0 Å². The minimum atomic E-state index is -3.67. The second-order valence-corrected chi connectivity index (χ2v) is 5.35. The zero-order chi connectivity index (χ0) is 15.0. The van der Waals surface area contributed by atoms with Crippen LogP contribution in [-0.2, 0) is 16.7 Å². The van der Waals surface area contributed by atoms with Crippen molar-refractivity contribution >= 4 is 16.0 Å². The Hall–Kier alpha value is -2.19. The highest BCUT2D eigenvalue weighted by atomic mass is 32.2. The van der Waals surface area contributed by atoms with Gasteiger partial charge in [-0.3, -0.25) is 9.96 Å². The second kappa shape index (κ2) is 7.41. The zero-order valence-corrected chi connectivity index (χ0v) is 11.7. The van der Waals surface area contributed by atoms with E-state index in [0.717, 1.165) is 5.56 Å². The maximum Gasteiger partial charge on any atom is 0.261 e. The maximum absolute atomic E-state index is 9.19. The highest BCUT2D eigenvalue weighted by Crippen LogP contribution is 1.98. The molecular formula is C12H16N4O3S. The fourth-order valence-corrected chi connectivity index (χ4v) is 1.27. The molecule has 0 amide bonds. The third-order valence-electron chi connectivity index (χ3n) is 2.05. The van der Waals surface area contributed by atoms with E-state index in [-0.39, 0.29) is 0 Å². The van der Waals surface area contributed by atoms with Crippen LogP contribution in [-0.4, -0.2) is 35.0 Å². The number of nitrogens with one attached hydrogen (secondary N) is 3. The molecule has 0 saturated heterocycles. The van der Waals surface area contributed by atoms with Gasteiger partial charge in [-0.1, -0.05) is 30.3 Å². The first-order chi connectivity index (χ1) is 9.36. The molecule has 0 bridgehead atoms. The Balaban J connectivity index is 0.000000347. The van der Waals surface area contributed by atoms with Crippen LogP contribution in [0.3, 0.4) is 0 Å². The predicted molar refractivity (Wildman–Crippen MR) is 76.2 cm³/mol. The number of amidine groups is 1. The van der Waals surface area contributed by atoms with E-state index in [1.54, 1.807) is 12.4 Å². The molecule has 0 atom stereocenters. The Bertz CT molecular complexity index is 616. The third kappa shape index (κ3) is 7.29. The molecule has 0 spiro atoms. The van der Waals surface area contributed by atoms with Crippen LogP contribution in [0, 0.1) is 5.41 Å². The summed E-state index contributed by atoms with van der Waals surface area (Å²) in [6.07, 6.45) is 4.05. The van der Waals surface area contributed by atoms with E-state index in [1.807, 2.05) is 30.3 Å². The molecule has 0 aliphatic rings. The van der Waals surface area contributed by atoms with Crippen molar-refractivity contribution in [2.45, 2.75) is 6.54 Å². The summed E-state index contributed by atoms with van der Waals surface area (Å²) in [4.78, 5) is 6.86. The summed E-state index contributed by atoms with van der Waals surface area (Å²) >= 11 is 0. The van der Waals surface area contributed by atoms with Gasteiger partial charge >= 0.3 is 0 Å². The average molecular weight is 296 g/mol. The molecule has 108 valence electrons. The summed E-state index contributed by atoms with van der Waals surface area (Å²) in [7, 11) is -3.67. The van der Waals surface area contributed by atoms with Gasteiger partial charge in [-0.15, -0.1) is 0 Å². The van der Waals surface area contributed by atoms with Gasteiger partial charge in [-0.05, 0) is 5.56 Å². The van der Waals surface area contributed by atoms with Crippen LogP contribution in [0.1, 0.15) is 11.4 Å². The number of hydrogen-bond acceptors (Lipinski definition) is 4. The number of benzene rings is 1. The number of nitrogens with zero attached hydrogens (tertiary/aromatic N) is 1. The average Bonchev–Trinajstić information content (AvgIpc) is 2.89. The molecule has 20 heavy (non-hydrogen) atoms. The lowest BCUT2D eigenvalue weighted by molar-refractivity contribution is 0.490. The molecule has 2 aromatic rings. The van der Waals surface area contributed by atoms with Crippen LogP contribution in [0.4, 0.5) is 0 Å². The molecule has 0 unspecified atom stereocenters. The summed E-state index contributed by atoms with van der Waals surface area (Å²) < 4.78 is 25.9. The Morgan fingerprint density at radius 3 is 2.50 bits per heavy atom. The number of rotatable bonds is 3. The molecule has 0 saturated carbocycles. The van der Waals surface area contributed by atoms with Gasteiger partial charge in [0.2, 0.25) is 0 Å². The van der Waals surface area contributed by atoms with Crippen LogP contribution in [0.5, 0.6) is 0 Å². The fraction of sp³-hybridized carbons (Fsp3) is 0.167. The molecule has 7 nitrogen and oxygen atoms in total. The van der Waals surface area contributed by atoms with Gasteiger partial charge in [0.15, 0.2) is 11.7 Å². The van der Waals surface area contributed by atoms with Crippen molar-refractivity contribution < 1.29 is 13.0 Å². The quantitative estimate of drug-likeness (QED) is 0.383. The first kappa shape index (κ1) is 15.9. The van der Waals surface area contributed by atoms with Gasteiger partial charge in [0.25, 0.3) is 10.1 Å². The molecule has 1 aromatic carbocycles. The lowest BCUT2D eigenvalue weighted by Crippen LogP contribution is -2.23. The number of aromatic nitrogens is 2. The Kier molecular flexibility index (Phi) is 5.88. The van der Waals surface area contributed by atoms with Crippen LogP contribution in [0.25, 0.3) is 0 Å². The first-order valence-electron chi connectivity index (χ1n) is 5.65. The highest BCUT2D eigenvalue weighted by Gasteiger charge is 2.01. The van der Waals surface area contributed by atoms with Crippen molar-refractivity contribution in [3.05, 3.63) is 54.1 Å². The molecular weight excluding hydrogens is 280 g/mol. The number of H-pyrrole nitrogens is 1. The van der Waals surface area contributed by atoms with E-state index in [1.165, 1.54) is 0 Å². The van der Waals surface area contributed by atoms with Gasteiger partial charge in [0, 0.05) is 18.9 Å². The van der Waals surface area contributed by atoms with Crippen molar-refractivity contribution in [3.8, 4) is 0 Å². The fourth-order valence-electron chi connectivity index (χ4n) is 1.27. The highest BCUT2D eigenvalue weighted by molar-refractivity contribution is 7.85. The lowest BCUT2D eigenvalue weighted by Gasteiger charge is -2.05. The zero-order valence-electron chi connectivity index (χ0n) is 10.9. The van der Waals surface area contributed by atoms with Crippen molar-refractivity contribution in [1.29, 1.82) is 5.41 Å². The smallest absolute Gasteiger partial charge is 0.261 e. The summed E-state index contributed by atoms with van der Waals surface area (Å²) in [6, 6.07) is 9.97. The predicted octanol–water partition coefficient (Wildman–Crippen LogP) is 1.03. The molecule has 8 heteroatoms. The van der Waals surface area contributed by atoms with E-state index in [4.69, 9.17) is 9.96 Å². The minimum Gasteiger partial charge on any atom is -0.363 e. The van der Waals surface area contributed by atoms with Crippen LogP contribution in [0.2, 0.25) is 0 Å². The Morgan fingerprint density at radius 1 is 1.40 bits per heavy atom. The van der Waals surface area contributed by atoms with Crippen molar-refractivity contribution in [2.75, 3.05) is 6.26 Å². The molecule has 0 aliphatic carbocycles. The molecule has 4 N–H and O–H groups in total. The lowest BCUT2D eigenvalue weighted by atomic mass is 10.2. The second-order valence-electron chi connectivity index (χ2n) is 3.88. The topological polar surface area (TPSA) is 119 Å². The number of imidazole rings is 1. The summed E-state index contributed by atoms with van der Waals surface area (Å²) in [5, 5.41) is 10.7. The third-order valence-corrected chi connectivity index (χ3v) is 2.05. The summed E-state index contributed by atoms with van der Waals surface area (Å²) in [6.45, 7) is 0.639. The minimum absolute atomic E-state index is 0.309. The van der Waals surface area contributed by atoms with Crippen LogP contribution >= 0.6 is 0 Å². The largest absolute Gasteiger partial charge is 0.363 e. The standard InChI is InChI=1S/C11H12N4.CH4O3S/c12-10(11-13-6-7-14-11)15-8-9-4-2-1-3-5-9;1-5(2,3)4/h1-7H,8H2,(H2,12,15)(H,13,14);1H3,(H,2,3,4). The van der Waals surface area contributed by atoms with E-state index in [2.05, 4.69) is 15.3 Å². The van der Waals surface area contributed by atoms with Crippen LogP contribution < -0.4 is 5.32 Å². The molecule has 1 heterocycles. The van der Waals surface area contributed by atoms with Gasteiger partial charge in [-0.2, -0.15) is 8.42 Å². The van der Waals surface area contributed by atoms with Gasteiger partial charge in [-0.25, -0.2) is 4.98 Å². The summed E-state index contributed by atoms with van der Waals surface area (Å²) in [5.74, 6) is 0.870. The van der Waals surface area contributed by atoms with Crippen molar-refractivity contribution in [2.24, 2.45) is 0 Å².